The van der Waals surface area contributed by atoms with Crippen LogP contribution < -0.4 is 14.8 Å². The lowest BCUT2D eigenvalue weighted by Gasteiger charge is -2.19. The molecule has 0 fully saturated rings. The van der Waals surface area contributed by atoms with Crippen molar-refractivity contribution in [3.8, 4) is 11.5 Å². The Hall–Kier alpha value is -3.28. The molecular formula is C21H22N2O4. The van der Waals surface area contributed by atoms with Gasteiger partial charge in [-0.3, -0.25) is 14.5 Å². The summed E-state index contributed by atoms with van der Waals surface area (Å²) in [6.45, 7) is 3.63. The molecule has 1 aliphatic heterocycles. The van der Waals surface area contributed by atoms with E-state index in [0.29, 0.717) is 28.3 Å². The van der Waals surface area contributed by atoms with Crippen molar-refractivity contribution >= 4 is 23.1 Å². The molecule has 0 saturated heterocycles. The third kappa shape index (κ3) is 3.51. The lowest BCUT2D eigenvalue weighted by molar-refractivity contribution is -0.138. The first-order chi connectivity index (χ1) is 13.0. The van der Waals surface area contributed by atoms with Crippen molar-refractivity contribution in [3.05, 3.63) is 59.8 Å². The number of amides is 2. The molecule has 140 valence electrons. The van der Waals surface area contributed by atoms with Gasteiger partial charge >= 0.3 is 0 Å². The molecule has 3 rings (SSSR count). The molecule has 0 atom stereocenters. The highest BCUT2D eigenvalue weighted by atomic mass is 16.5. The molecule has 0 saturated carbocycles. The zero-order valence-corrected chi connectivity index (χ0v) is 15.8. The minimum Gasteiger partial charge on any atom is -0.497 e. The van der Waals surface area contributed by atoms with E-state index in [0.717, 1.165) is 0 Å². The predicted octanol–water partition coefficient (Wildman–Crippen LogP) is 3.30. The number of hydrogen-bond donors (Lipinski definition) is 1. The monoisotopic (exact) mass is 366 g/mol. The van der Waals surface area contributed by atoms with Crippen LogP contribution >= 0.6 is 0 Å². The smallest absolute Gasteiger partial charge is 0.278 e. The van der Waals surface area contributed by atoms with Crippen LogP contribution in [-0.4, -0.2) is 37.0 Å². The number of hydrogen-bond acceptors (Lipinski definition) is 5. The maximum absolute atomic E-state index is 13.0. The Balaban J connectivity index is 2.10. The van der Waals surface area contributed by atoms with Crippen LogP contribution in [-0.2, 0) is 9.59 Å². The van der Waals surface area contributed by atoms with Gasteiger partial charge in [-0.15, -0.1) is 0 Å². The third-order valence-electron chi connectivity index (χ3n) is 4.31. The largest absolute Gasteiger partial charge is 0.497 e. The molecule has 1 aliphatic rings. The van der Waals surface area contributed by atoms with Crippen LogP contribution in [0.1, 0.15) is 19.4 Å². The van der Waals surface area contributed by atoms with E-state index in [1.807, 2.05) is 44.2 Å². The van der Waals surface area contributed by atoms with Gasteiger partial charge in [-0.2, -0.15) is 0 Å². The molecule has 0 radical (unpaired) electrons. The number of imide groups is 1. The van der Waals surface area contributed by atoms with E-state index in [1.165, 1.54) is 4.90 Å². The Kier molecular flexibility index (Phi) is 5.16. The van der Waals surface area contributed by atoms with Crippen LogP contribution in [0.2, 0.25) is 0 Å². The molecule has 2 amide bonds. The van der Waals surface area contributed by atoms with Crippen LogP contribution in [0.4, 0.5) is 5.69 Å². The van der Waals surface area contributed by atoms with Crippen molar-refractivity contribution in [1.82, 2.24) is 4.90 Å². The third-order valence-corrected chi connectivity index (χ3v) is 4.31. The highest BCUT2D eigenvalue weighted by molar-refractivity contribution is 6.36. The van der Waals surface area contributed by atoms with Gasteiger partial charge < -0.3 is 14.8 Å². The Bertz CT molecular complexity index is 881. The quantitative estimate of drug-likeness (QED) is 0.795. The fourth-order valence-electron chi connectivity index (χ4n) is 3.03. The van der Waals surface area contributed by atoms with Gasteiger partial charge in [-0.1, -0.05) is 30.3 Å². The number of nitrogens with zero attached hydrogens (tertiary/aromatic N) is 1. The van der Waals surface area contributed by atoms with Crippen LogP contribution in [0.3, 0.4) is 0 Å². The summed E-state index contributed by atoms with van der Waals surface area (Å²) in [5.41, 5.74) is 1.89. The van der Waals surface area contributed by atoms with Gasteiger partial charge in [0, 0.05) is 29.9 Å². The van der Waals surface area contributed by atoms with E-state index < -0.39 is 0 Å². The first kappa shape index (κ1) is 18.5. The second-order valence-corrected chi connectivity index (χ2v) is 6.42. The highest BCUT2D eigenvalue weighted by Gasteiger charge is 2.40. The van der Waals surface area contributed by atoms with Gasteiger partial charge in [0.25, 0.3) is 11.8 Å². The normalized spacial score (nSPS) is 14.2. The van der Waals surface area contributed by atoms with Gasteiger partial charge in [0.2, 0.25) is 0 Å². The minimum atomic E-state index is -0.351. The number of ether oxygens (including phenoxy) is 2. The van der Waals surface area contributed by atoms with Crippen molar-refractivity contribution in [3.63, 3.8) is 0 Å². The number of rotatable bonds is 6. The summed E-state index contributed by atoms with van der Waals surface area (Å²) in [6.07, 6.45) is 0. The summed E-state index contributed by atoms with van der Waals surface area (Å²) in [6, 6.07) is 14.2. The Morgan fingerprint density at radius 3 is 2.00 bits per heavy atom. The van der Waals surface area contributed by atoms with Gasteiger partial charge in [0.05, 0.1) is 19.8 Å². The number of carbonyl (C=O) groups excluding carboxylic acids is 2. The second kappa shape index (κ2) is 7.53. The highest BCUT2D eigenvalue weighted by Crippen LogP contribution is 2.33. The summed E-state index contributed by atoms with van der Waals surface area (Å²) in [7, 11) is 3.11. The number of nitrogens with one attached hydrogen (secondary N) is 1. The Morgan fingerprint density at radius 1 is 0.889 bits per heavy atom. The zero-order chi connectivity index (χ0) is 19.6. The molecule has 6 heteroatoms. The fourth-order valence-corrected chi connectivity index (χ4v) is 3.03. The summed E-state index contributed by atoms with van der Waals surface area (Å²) >= 11 is 0. The van der Waals surface area contributed by atoms with Crippen LogP contribution in [0.15, 0.2) is 54.2 Å². The van der Waals surface area contributed by atoms with E-state index in [1.54, 1.807) is 32.4 Å². The average molecular weight is 366 g/mol. The number of anilines is 1. The van der Waals surface area contributed by atoms with E-state index in [2.05, 4.69) is 5.32 Å². The number of benzene rings is 2. The molecular weight excluding hydrogens is 344 g/mol. The summed E-state index contributed by atoms with van der Waals surface area (Å²) in [5.74, 6) is 0.501. The SMILES string of the molecule is COc1cc(NC2=C(c3ccccc3)C(=O)N(C(C)C)C2=O)cc(OC)c1. The lowest BCUT2D eigenvalue weighted by atomic mass is 10.0. The van der Waals surface area contributed by atoms with Crippen LogP contribution in [0.25, 0.3) is 5.57 Å². The van der Waals surface area contributed by atoms with Crippen LogP contribution in [0.5, 0.6) is 11.5 Å². The molecule has 0 aromatic heterocycles. The standard InChI is InChI=1S/C21H22N2O4/c1-13(2)23-20(24)18(14-8-6-5-7-9-14)19(21(23)25)22-15-10-16(26-3)12-17(11-15)27-4/h5-13,22H,1-4H3. The van der Waals surface area contributed by atoms with E-state index in [4.69, 9.17) is 9.47 Å². The van der Waals surface area contributed by atoms with Crippen molar-refractivity contribution in [2.75, 3.05) is 19.5 Å². The van der Waals surface area contributed by atoms with Gasteiger partial charge in [-0.25, -0.2) is 0 Å². The second-order valence-electron chi connectivity index (χ2n) is 6.42. The van der Waals surface area contributed by atoms with Crippen LogP contribution in [0, 0.1) is 0 Å². The predicted molar refractivity (Wildman–Crippen MR) is 104 cm³/mol. The maximum Gasteiger partial charge on any atom is 0.278 e. The molecule has 0 spiro atoms. The molecule has 0 unspecified atom stereocenters. The average Bonchev–Trinajstić information content (AvgIpc) is 2.91. The first-order valence-corrected chi connectivity index (χ1v) is 8.64. The molecule has 0 bridgehead atoms. The van der Waals surface area contributed by atoms with E-state index >= 15 is 0 Å². The first-order valence-electron chi connectivity index (χ1n) is 8.64. The number of methoxy groups -OCH3 is 2. The van der Waals surface area contributed by atoms with E-state index in [-0.39, 0.29) is 23.6 Å². The van der Waals surface area contributed by atoms with Gasteiger partial charge in [-0.05, 0) is 19.4 Å². The molecule has 6 nitrogen and oxygen atoms in total. The Morgan fingerprint density at radius 2 is 1.48 bits per heavy atom. The molecule has 2 aromatic carbocycles. The van der Waals surface area contributed by atoms with Crippen molar-refractivity contribution in [2.45, 2.75) is 19.9 Å². The molecule has 27 heavy (non-hydrogen) atoms. The van der Waals surface area contributed by atoms with Crippen molar-refractivity contribution < 1.29 is 19.1 Å². The van der Waals surface area contributed by atoms with Crippen molar-refractivity contribution in [2.24, 2.45) is 0 Å². The molecule has 1 heterocycles. The molecule has 2 aromatic rings. The Labute approximate surface area is 158 Å². The summed E-state index contributed by atoms with van der Waals surface area (Å²) < 4.78 is 10.6. The molecule has 1 N–H and O–H groups in total. The summed E-state index contributed by atoms with van der Waals surface area (Å²) in [5, 5.41) is 3.11. The minimum absolute atomic E-state index is 0.246. The summed E-state index contributed by atoms with van der Waals surface area (Å²) in [4.78, 5) is 27.2. The maximum atomic E-state index is 13.0. The van der Waals surface area contributed by atoms with Gasteiger partial charge in [0.1, 0.15) is 17.2 Å². The van der Waals surface area contributed by atoms with E-state index in [9.17, 15) is 9.59 Å². The van der Waals surface area contributed by atoms with Gasteiger partial charge in [0.15, 0.2) is 0 Å². The fraction of sp³-hybridized carbons (Fsp3) is 0.238. The topological polar surface area (TPSA) is 67.9 Å². The van der Waals surface area contributed by atoms with Crippen molar-refractivity contribution in [1.29, 1.82) is 0 Å². The number of carbonyl (C=O) groups is 2. The zero-order valence-electron chi connectivity index (χ0n) is 15.8. The lowest BCUT2D eigenvalue weighted by Crippen LogP contribution is -2.38. The molecule has 0 aliphatic carbocycles.